The summed E-state index contributed by atoms with van der Waals surface area (Å²) < 4.78 is 0. The predicted molar refractivity (Wildman–Crippen MR) is 169 cm³/mol. The highest BCUT2D eigenvalue weighted by Gasteiger charge is 2.47. The summed E-state index contributed by atoms with van der Waals surface area (Å²) in [5.41, 5.74) is 17.1. The number of hydrogen-bond acceptors (Lipinski definition) is 5. The van der Waals surface area contributed by atoms with Gasteiger partial charge in [-0.2, -0.15) is 0 Å². The smallest absolute Gasteiger partial charge is 0.261 e. The molecule has 2 aromatic carbocycles. The van der Waals surface area contributed by atoms with E-state index in [0.717, 1.165) is 23.3 Å². The average Bonchev–Trinajstić information content (AvgIpc) is 2.99. The van der Waals surface area contributed by atoms with Gasteiger partial charge >= 0.3 is 0 Å². The molecule has 1 saturated heterocycles. The van der Waals surface area contributed by atoms with Crippen molar-refractivity contribution >= 4 is 29.4 Å². The van der Waals surface area contributed by atoms with Gasteiger partial charge in [0.2, 0.25) is 11.8 Å². The van der Waals surface area contributed by atoms with E-state index in [0.29, 0.717) is 37.2 Å². The van der Waals surface area contributed by atoms with E-state index in [2.05, 4.69) is 39.9 Å². The molecule has 2 aliphatic carbocycles. The average molecular weight is 579 g/mol. The van der Waals surface area contributed by atoms with E-state index in [4.69, 9.17) is 11.5 Å². The van der Waals surface area contributed by atoms with Gasteiger partial charge in [0, 0.05) is 36.7 Å². The summed E-state index contributed by atoms with van der Waals surface area (Å²) >= 11 is 0. The van der Waals surface area contributed by atoms with Crippen molar-refractivity contribution < 1.29 is 14.4 Å². The van der Waals surface area contributed by atoms with Crippen LogP contribution >= 0.6 is 0 Å². The van der Waals surface area contributed by atoms with Gasteiger partial charge in [-0.25, -0.2) is 9.89 Å². The van der Waals surface area contributed by atoms with Crippen LogP contribution in [0.25, 0.3) is 0 Å². The maximum Gasteiger partial charge on any atom is 0.261 e. The molecule has 6 N–H and O–H groups in total. The van der Waals surface area contributed by atoms with Gasteiger partial charge in [0.15, 0.2) is 5.96 Å². The monoisotopic (exact) mass is 578 g/mol. The van der Waals surface area contributed by atoms with Gasteiger partial charge in [-0.3, -0.25) is 14.4 Å². The van der Waals surface area contributed by atoms with E-state index < -0.39 is 5.92 Å². The Morgan fingerprint density at radius 2 is 1.84 bits per heavy atom. The molecule has 0 bridgehead atoms. The van der Waals surface area contributed by atoms with Crippen LogP contribution in [0, 0.1) is 18.8 Å². The summed E-state index contributed by atoms with van der Waals surface area (Å²) in [4.78, 5) is 45.5. The molecule has 1 fully saturated rings. The van der Waals surface area contributed by atoms with Crippen LogP contribution in [0.15, 0.2) is 101 Å². The van der Waals surface area contributed by atoms with Crippen molar-refractivity contribution in [3.63, 3.8) is 0 Å². The second-order valence-corrected chi connectivity index (χ2v) is 11.2. The molecular formula is C34H38N6O3. The second kappa shape index (κ2) is 12.9. The minimum absolute atomic E-state index is 0.0266. The number of nitrogens with two attached hydrogens (primary N) is 2. The van der Waals surface area contributed by atoms with Gasteiger partial charge in [-0.1, -0.05) is 66.3 Å². The van der Waals surface area contributed by atoms with Crippen LogP contribution in [0.5, 0.6) is 0 Å². The molecule has 3 atom stereocenters. The lowest BCUT2D eigenvalue weighted by atomic mass is 9.70. The number of imide groups is 1. The Kier molecular flexibility index (Phi) is 8.90. The molecule has 9 heteroatoms. The number of anilines is 1. The fourth-order valence-corrected chi connectivity index (χ4v) is 5.75. The highest BCUT2D eigenvalue weighted by Crippen LogP contribution is 2.44. The van der Waals surface area contributed by atoms with Crippen molar-refractivity contribution in [1.82, 2.24) is 10.6 Å². The molecule has 0 aromatic heterocycles. The Bertz CT molecular complexity index is 1560. The van der Waals surface area contributed by atoms with Crippen molar-refractivity contribution in [2.75, 3.05) is 18.0 Å². The molecule has 0 saturated carbocycles. The molecule has 1 aliphatic heterocycles. The lowest BCUT2D eigenvalue weighted by Crippen LogP contribution is -2.52. The zero-order chi connectivity index (χ0) is 30.5. The zero-order valence-electron chi connectivity index (χ0n) is 24.5. The van der Waals surface area contributed by atoms with E-state index in [-0.39, 0.29) is 35.6 Å². The summed E-state index contributed by atoms with van der Waals surface area (Å²) in [5, 5.41) is 6.35. The summed E-state index contributed by atoms with van der Waals surface area (Å²) in [6.45, 7) is 5.01. The summed E-state index contributed by atoms with van der Waals surface area (Å²) in [6, 6.07) is 15.5. The van der Waals surface area contributed by atoms with E-state index in [9.17, 15) is 14.4 Å². The Balaban J connectivity index is 1.24. The molecule has 5 rings (SSSR count). The number of guanidine groups is 1. The van der Waals surface area contributed by atoms with Crippen LogP contribution in [-0.4, -0.2) is 42.8 Å². The lowest BCUT2D eigenvalue weighted by Gasteiger charge is -2.41. The molecule has 3 amide bonds. The first-order chi connectivity index (χ1) is 20.7. The third kappa shape index (κ3) is 6.77. The van der Waals surface area contributed by atoms with Gasteiger partial charge in [-0.15, -0.1) is 0 Å². The fourth-order valence-electron chi connectivity index (χ4n) is 5.75. The second-order valence-electron chi connectivity index (χ2n) is 11.2. The number of piperidine rings is 1. The highest BCUT2D eigenvalue weighted by atomic mass is 16.2. The van der Waals surface area contributed by atoms with E-state index in [1.54, 1.807) is 12.1 Å². The number of nitrogens with one attached hydrogen (secondary N) is 2. The number of benzene rings is 2. The van der Waals surface area contributed by atoms with Gasteiger partial charge in [0.1, 0.15) is 0 Å². The number of rotatable bonds is 11. The number of nitrogens with zero attached hydrogens (tertiary/aromatic N) is 2. The molecule has 43 heavy (non-hydrogen) atoms. The van der Waals surface area contributed by atoms with E-state index >= 15 is 0 Å². The minimum Gasteiger partial charge on any atom is -0.383 e. The fraction of sp³-hybridized carbons (Fsp3) is 0.294. The molecule has 9 nitrogen and oxygen atoms in total. The van der Waals surface area contributed by atoms with Crippen molar-refractivity contribution in [3.05, 3.63) is 112 Å². The summed E-state index contributed by atoms with van der Waals surface area (Å²) in [5.74, 6) is -1.48. The molecule has 2 aromatic rings. The number of carbonyl (C=O) groups is 3. The Morgan fingerprint density at radius 1 is 1.05 bits per heavy atom. The molecule has 0 radical (unpaired) electrons. The number of aryl methyl sites for hydroxylation is 2. The predicted octanol–water partition coefficient (Wildman–Crippen LogP) is 2.96. The molecule has 3 unspecified atom stereocenters. The third-order valence-corrected chi connectivity index (χ3v) is 7.94. The first kappa shape index (κ1) is 29.6. The standard InChI is InChI=1S/C34H38N6O3/c1-21-9-11-23(12-10-21)17-18-37-30(41)16-13-24-5-3-6-25(19-24)40-32(42)27-8-4-7-26-29(38-20-22(2)39-34(35)36)15-14-28(31(26)27)33(40)43/h3-12,14-15,19,22,28,31,38H,13,16-18,20H2,1-2H3,(H,37,41)(H4,35,36,39). The lowest BCUT2D eigenvalue weighted by molar-refractivity contribution is -0.129. The third-order valence-electron chi connectivity index (χ3n) is 7.94. The molecule has 0 spiro atoms. The maximum absolute atomic E-state index is 13.8. The first-order valence-corrected chi connectivity index (χ1v) is 14.6. The largest absolute Gasteiger partial charge is 0.383 e. The van der Waals surface area contributed by atoms with E-state index in [1.807, 2.05) is 56.4 Å². The molecular weight excluding hydrogens is 540 g/mol. The first-order valence-electron chi connectivity index (χ1n) is 14.6. The Hall–Kier alpha value is -4.92. The van der Waals surface area contributed by atoms with Gasteiger partial charge in [0.25, 0.3) is 5.91 Å². The summed E-state index contributed by atoms with van der Waals surface area (Å²) in [6.07, 6.45) is 10.9. The van der Waals surface area contributed by atoms with Crippen molar-refractivity contribution in [3.8, 4) is 0 Å². The zero-order valence-corrected chi connectivity index (χ0v) is 24.5. The molecule has 3 aliphatic rings. The number of aliphatic imine (C=N–C) groups is 1. The highest BCUT2D eigenvalue weighted by molar-refractivity contribution is 6.25. The summed E-state index contributed by atoms with van der Waals surface area (Å²) in [7, 11) is 0. The number of hydrogen-bond donors (Lipinski definition) is 4. The Labute approximate surface area is 252 Å². The van der Waals surface area contributed by atoms with Crippen LogP contribution in [0.3, 0.4) is 0 Å². The van der Waals surface area contributed by atoms with Crippen LogP contribution in [0.1, 0.15) is 30.0 Å². The SMILES string of the molecule is Cc1ccc(CCNC(=O)CCc2cccc(N3C(=O)C4=CC=CC5=C(NCC(C)N=C(N)N)C=CC(C3=O)C45)c2)cc1. The van der Waals surface area contributed by atoms with Crippen molar-refractivity contribution in [2.24, 2.45) is 28.3 Å². The normalized spacial score (nSPS) is 19.5. The minimum atomic E-state index is -0.507. The van der Waals surface area contributed by atoms with E-state index in [1.165, 1.54) is 16.0 Å². The van der Waals surface area contributed by atoms with Gasteiger partial charge in [-0.05, 0) is 61.6 Å². The Morgan fingerprint density at radius 3 is 2.60 bits per heavy atom. The van der Waals surface area contributed by atoms with Crippen LogP contribution < -0.4 is 27.0 Å². The van der Waals surface area contributed by atoms with Crippen molar-refractivity contribution in [2.45, 2.75) is 39.2 Å². The van der Waals surface area contributed by atoms with Gasteiger partial charge in [0.05, 0.1) is 17.6 Å². The van der Waals surface area contributed by atoms with Crippen molar-refractivity contribution in [1.29, 1.82) is 0 Å². The topological polar surface area (TPSA) is 143 Å². The number of carbonyl (C=O) groups excluding carboxylic acids is 3. The quantitative estimate of drug-likeness (QED) is 0.183. The van der Waals surface area contributed by atoms with Crippen LogP contribution in [0.4, 0.5) is 5.69 Å². The van der Waals surface area contributed by atoms with Crippen LogP contribution in [0.2, 0.25) is 0 Å². The number of amides is 3. The van der Waals surface area contributed by atoms with Gasteiger partial charge < -0.3 is 22.1 Å². The molecule has 222 valence electrons. The molecule has 1 heterocycles. The van der Waals surface area contributed by atoms with Crippen LogP contribution in [-0.2, 0) is 27.2 Å². The number of allylic oxidation sites excluding steroid dienone is 5. The maximum atomic E-state index is 13.8.